The number of alkyl halides is 1. The largest absolute Gasteiger partial charge is 0.366 e. The molecule has 0 aromatic rings. The predicted octanol–water partition coefficient (Wildman–Crippen LogP) is 0.285. The zero-order valence-corrected chi connectivity index (χ0v) is 14.4. The standard InChI is InChI=1S/C12H18IN3O3S/c1-9-7-10(14-11(13)8-9)12(17)15-3-5-16(6-4-15)20(2,18)19/h7-8,11,14H,3-6H2,1-2H3. The first-order valence-electron chi connectivity index (χ1n) is 6.32. The minimum Gasteiger partial charge on any atom is -0.366 e. The predicted molar refractivity (Wildman–Crippen MR) is 85.8 cm³/mol. The van der Waals surface area contributed by atoms with E-state index in [1.54, 1.807) is 4.90 Å². The van der Waals surface area contributed by atoms with Gasteiger partial charge in [-0.15, -0.1) is 0 Å². The second kappa shape index (κ2) is 6.02. The Kier molecular flexibility index (Phi) is 4.75. The monoisotopic (exact) mass is 411 g/mol. The highest BCUT2D eigenvalue weighted by atomic mass is 127. The molecule has 1 atom stereocenters. The Hall–Kier alpha value is -0.610. The van der Waals surface area contributed by atoms with Crippen molar-refractivity contribution < 1.29 is 13.2 Å². The van der Waals surface area contributed by atoms with Crippen LogP contribution in [0.15, 0.2) is 23.4 Å². The van der Waals surface area contributed by atoms with E-state index in [1.807, 2.05) is 19.1 Å². The molecule has 8 heteroatoms. The average Bonchev–Trinajstić information content (AvgIpc) is 2.36. The van der Waals surface area contributed by atoms with Gasteiger partial charge in [0.15, 0.2) is 0 Å². The second-order valence-electron chi connectivity index (χ2n) is 4.97. The van der Waals surface area contributed by atoms with Gasteiger partial charge in [0.05, 0.1) is 10.3 Å². The van der Waals surface area contributed by atoms with E-state index >= 15 is 0 Å². The van der Waals surface area contributed by atoms with E-state index < -0.39 is 10.0 Å². The molecule has 1 fully saturated rings. The minimum absolute atomic E-state index is 0.0627. The smallest absolute Gasteiger partial charge is 0.270 e. The fraction of sp³-hybridized carbons (Fsp3) is 0.583. The van der Waals surface area contributed by atoms with Gasteiger partial charge in [-0.1, -0.05) is 28.2 Å². The molecule has 1 amide bonds. The van der Waals surface area contributed by atoms with Crippen molar-refractivity contribution in [3.05, 3.63) is 23.4 Å². The molecule has 0 aliphatic carbocycles. The van der Waals surface area contributed by atoms with Crippen molar-refractivity contribution >= 4 is 38.5 Å². The van der Waals surface area contributed by atoms with Crippen LogP contribution < -0.4 is 5.32 Å². The molecule has 2 aliphatic heterocycles. The van der Waals surface area contributed by atoms with Gasteiger partial charge < -0.3 is 10.2 Å². The SMILES string of the molecule is CC1=CC(I)NC(C(=O)N2CCN(S(C)(=O)=O)CC2)=C1. The number of hydrogen-bond acceptors (Lipinski definition) is 4. The summed E-state index contributed by atoms with van der Waals surface area (Å²) in [5, 5.41) is 3.13. The van der Waals surface area contributed by atoms with E-state index in [1.165, 1.54) is 10.6 Å². The molecule has 0 radical (unpaired) electrons. The van der Waals surface area contributed by atoms with Gasteiger partial charge in [-0.05, 0) is 19.1 Å². The van der Waals surface area contributed by atoms with Gasteiger partial charge >= 0.3 is 0 Å². The highest BCUT2D eigenvalue weighted by molar-refractivity contribution is 14.1. The van der Waals surface area contributed by atoms with Gasteiger partial charge in [0, 0.05) is 26.2 Å². The summed E-state index contributed by atoms with van der Waals surface area (Å²) in [7, 11) is -3.16. The zero-order chi connectivity index (χ0) is 14.9. The number of halogens is 1. The van der Waals surface area contributed by atoms with E-state index in [-0.39, 0.29) is 9.96 Å². The summed E-state index contributed by atoms with van der Waals surface area (Å²) in [4.78, 5) is 14.1. The highest BCUT2D eigenvalue weighted by Crippen LogP contribution is 2.16. The maximum Gasteiger partial charge on any atom is 0.270 e. The first-order valence-corrected chi connectivity index (χ1v) is 9.42. The lowest BCUT2D eigenvalue weighted by molar-refractivity contribution is -0.128. The van der Waals surface area contributed by atoms with E-state index in [4.69, 9.17) is 0 Å². The number of nitrogens with zero attached hydrogens (tertiary/aromatic N) is 2. The number of hydrogen-bond donors (Lipinski definition) is 1. The summed E-state index contributed by atoms with van der Waals surface area (Å²) in [6.45, 7) is 3.54. The third kappa shape index (κ3) is 3.73. The number of amides is 1. The molecule has 2 heterocycles. The lowest BCUT2D eigenvalue weighted by Gasteiger charge is -2.34. The Labute approximate surface area is 133 Å². The van der Waals surface area contributed by atoms with Crippen LogP contribution >= 0.6 is 22.6 Å². The Morgan fingerprint density at radius 3 is 2.45 bits per heavy atom. The van der Waals surface area contributed by atoms with Crippen molar-refractivity contribution in [2.75, 3.05) is 32.4 Å². The van der Waals surface area contributed by atoms with E-state index in [9.17, 15) is 13.2 Å². The normalized spacial score (nSPS) is 24.8. The third-order valence-electron chi connectivity index (χ3n) is 3.30. The molecule has 0 spiro atoms. The molecule has 0 aromatic carbocycles. The van der Waals surface area contributed by atoms with Gasteiger partial charge in [0.25, 0.3) is 5.91 Å². The minimum atomic E-state index is -3.16. The van der Waals surface area contributed by atoms with Gasteiger partial charge in [-0.2, -0.15) is 4.31 Å². The van der Waals surface area contributed by atoms with E-state index in [0.29, 0.717) is 31.9 Å². The molecule has 112 valence electrons. The molecule has 20 heavy (non-hydrogen) atoms. The first-order chi connectivity index (χ1) is 9.27. The number of piperazine rings is 1. The molecule has 1 N–H and O–H groups in total. The van der Waals surface area contributed by atoms with Crippen LogP contribution in [-0.2, 0) is 14.8 Å². The van der Waals surface area contributed by atoms with Gasteiger partial charge in [0.1, 0.15) is 5.70 Å². The maximum atomic E-state index is 12.4. The summed E-state index contributed by atoms with van der Waals surface area (Å²) < 4.78 is 24.4. The Balaban J connectivity index is 2.01. The number of dihydropyridines is 1. The number of allylic oxidation sites excluding steroid dienone is 2. The molecule has 0 aromatic heterocycles. The summed E-state index contributed by atoms with van der Waals surface area (Å²) in [6, 6.07) is 0. The number of rotatable bonds is 2. The lowest BCUT2D eigenvalue weighted by atomic mass is 10.1. The molecule has 0 saturated carbocycles. The maximum absolute atomic E-state index is 12.4. The number of carbonyl (C=O) groups is 1. The summed E-state index contributed by atoms with van der Waals surface area (Å²) in [5.41, 5.74) is 1.64. The first kappa shape index (κ1) is 15.8. The van der Waals surface area contributed by atoms with Crippen LogP contribution in [0.1, 0.15) is 6.92 Å². The highest BCUT2D eigenvalue weighted by Gasteiger charge is 2.28. The van der Waals surface area contributed by atoms with Crippen molar-refractivity contribution in [1.82, 2.24) is 14.5 Å². The van der Waals surface area contributed by atoms with E-state index in [2.05, 4.69) is 27.9 Å². The molecule has 0 bridgehead atoms. The lowest BCUT2D eigenvalue weighted by Crippen LogP contribution is -2.51. The van der Waals surface area contributed by atoms with Gasteiger partial charge in [-0.3, -0.25) is 4.79 Å². The van der Waals surface area contributed by atoms with Crippen molar-refractivity contribution in [3.63, 3.8) is 0 Å². The van der Waals surface area contributed by atoms with Crippen molar-refractivity contribution in [2.24, 2.45) is 0 Å². The fourth-order valence-corrected chi connectivity index (χ4v) is 3.98. The third-order valence-corrected chi connectivity index (χ3v) is 5.27. The molecule has 1 saturated heterocycles. The van der Waals surface area contributed by atoms with Gasteiger partial charge in [0.2, 0.25) is 10.0 Å². The number of sulfonamides is 1. The summed E-state index contributed by atoms with van der Waals surface area (Å²) >= 11 is 2.22. The average molecular weight is 411 g/mol. The summed E-state index contributed by atoms with van der Waals surface area (Å²) in [5.74, 6) is -0.0627. The van der Waals surface area contributed by atoms with Crippen LogP contribution in [0.5, 0.6) is 0 Å². The van der Waals surface area contributed by atoms with Crippen LogP contribution in [0, 0.1) is 0 Å². The fourth-order valence-electron chi connectivity index (χ4n) is 2.26. The Morgan fingerprint density at radius 2 is 1.95 bits per heavy atom. The van der Waals surface area contributed by atoms with E-state index in [0.717, 1.165) is 5.57 Å². The van der Waals surface area contributed by atoms with Crippen molar-refractivity contribution in [3.8, 4) is 0 Å². The molecule has 2 rings (SSSR count). The van der Waals surface area contributed by atoms with Gasteiger partial charge in [-0.25, -0.2) is 8.42 Å². The van der Waals surface area contributed by atoms with Crippen LogP contribution in [-0.4, -0.2) is 60.0 Å². The summed E-state index contributed by atoms with van der Waals surface area (Å²) in [6.07, 6.45) is 5.07. The molecular formula is C12H18IN3O3S. The molecule has 1 unspecified atom stereocenters. The molecular weight excluding hydrogens is 393 g/mol. The van der Waals surface area contributed by atoms with Crippen LogP contribution in [0.2, 0.25) is 0 Å². The Bertz CT molecular complexity index is 562. The van der Waals surface area contributed by atoms with Crippen LogP contribution in [0.4, 0.5) is 0 Å². The van der Waals surface area contributed by atoms with Crippen LogP contribution in [0.3, 0.4) is 0 Å². The second-order valence-corrected chi connectivity index (χ2v) is 8.29. The van der Waals surface area contributed by atoms with Crippen molar-refractivity contribution in [1.29, 1.82) is 0 Å². The zero-order valence-electron chi connectivity index (χ0n) is 11.5. The van der Waals surface area contributed by atoms with Crippen LogP contribution in [0.25, 0.3) is 0 Å². The Morgan fingerprint density at radius 1 is 1.35 bits per heavy atom. The topological polar surface area (TPSA) is 69.7 Å². The number of nitrogens with one attached hydrogen (secondary N) is 1. The number of carbonyl (C=O) groups excluding carboxylic acids is 1. The molecule has 2 aliphatic rings. The molecule has 6 nitrogen and oxygen atoms in total. The van der Waals surface area contributed by atoms with Crippen molar-refractivity contribution in [2.45, 2.75) is 11.0 Å². The quantitative estimate of drug-likeness (QED) is 0.403.